The number of nitrogens with one attached hydrogen (secondary N) is 1. The van der Waals surface area contributed by atoms with Crippen LogP contribution in [0.1, 0.15) is 10.4 Å². The number of anilines is 1. The number of hydrogen-bond acceptors (Lipinski definition) is 7. The lowest BCUT2D eigenvalue weighted by molar-refractivity contribution is 0.102. The molecule has 4 aromatic carbocycles. The van der Waals surface area contributed by atoms with Crippen LogP contribution in [0.3, 0.4) is 0 Å². The van der Waals surface area contributed by atoms with E-state index < -0.39 is 21.7 Å². The van der Waals surface area contributed by atoms with Gasteiger partial charge in [-0.25, -0.2) is 13.6 Å². The summed E-state index contributed by atoms with van der Waals surface area (Å²) in [6, 6.07) is 20.5. The summed E-state index contributed by atoms with van der Waals surface area (Å²) in [4.78, 5) is 12.6. The van der Waals surface area contributed by atoms with Gasteiger partial charge in [0.25, 0.3) is 5.91 Å². The zero-order valence-corrected chi connectivity index (χ0v) is 17.8. The summed E-state index contributed by atoms with van der Waals surface area (Å²) in [5.41, 5.74) is 0.313. The Morgan fingerprint density at radius 3 is 2.30 bits per heavy atom. The van der Waals surface area contributed by atoms with Crippen LogP contribution in [0.15, 0.2) is 94.0 Å². The van der Waals surface area contributed by atoms with E-state index in [1.807, 2.05) is 6.07 Å². The van der Waals surface area contributed by atoms with Crippen molar-refractivity contribution in [2.24, 2.45) is 15.4 Å². The molecule has 4 rings (SSSR count). The highest BCUT2D eigenvalue weighted by Crippen LogP contribution is 2.40. The highest BCUT2D eigenvalue weighted by atomic mass is 32.2. The maximum absolute atomic E-state index is 12.9. The SMILES string of the molecule is NS(=O)(=O)c1ccc(O)c(N=Nc2c(O)c(C(=O)Nc3ccccc3)cc3ccccc23)c1. The number of nitrogens with zero attached hydrogens (tertiary/aromatic N) is 2. The molecule has 0 heterocycles. The minimum Gasteiger partial charge on any atom is -0.506 e. The van der Waals surface area contributed by atoms with E-state index in [1.165, 1.54) is 6.07 Å². The molecule has 9 nitrogen and oxygen atoms in total. The van der Waals surface area contributed by atoms with Gasteiger partial charge in [0.1, 0.15) is 17.1 Å². The third-order valence-corrected chi connectivity index (χ3v) is 5.72. The van der Waals surface area contributed by atoms with Gasteiger partial charge in [-0.15, -0.1) is 10.2 Å². The van der Waals surface area contributed by atoms with E-state index in [1.54, 1.807) is 48.5 Å². The Morgan fingerprint density at radius 2 is 1.58 bits per heavy atom. The first-order chi connectivity index (χ1) is 15.7. The summed E-state index contributed by atoms with van der Waals surface area (Å²) >= 11 is 0. The van der Waals surface area contributed by atoms with Crippen molar-refractivity contribution in [1.29, 1.82) is 0 Å². The molecule has 0 unspecified atom stereocenters. The number of carbonyl (C=O) groups is 1. The van der Waals surface area contributed by atoms with Crippen LogP contribution in [0.4, 0.5) is 17.1 Å². The molecule has 0 aliphatic heterocycles. The largest absolute Gasteiger partial charge is 0.506 e. The van der Waals surface area contributed by atoms with Crippen LogP contribution in [0, 0.1) is 0 Å². The molecule has 5 N–H and O–H groups in total. The van der Waals surface area contributed by atoms with Crippen molar-refractivity contribution < 1.29 is 23.4 Å². The Morgan fingerprint density at radius 1 is 0.879 bits per heavy atom. The average Bonchev–Trinajstić information content (AvgIpc) is 2.79. The predicted molar refractivity (Wildman–Crippen MR) is 124 cm³/mol. The topological polar surface area (TPSA) is 154 Å². The number of amides is 1. The normalized spacial score (nSPS) is 11.7. The number of hydrogen-bond donors (Lipinski definition) is 4. The molecule has 4 aromatic rings. The lowest BCUT2D eigenvalue weighted by Gasteiger charge is -2.11. The Balaban J connectivity index is 1.81. The third-order valence-electron chi connectivity index (χ3n) is 4.80. The Bertz CT molecular complexity index is 1500. The molecule has 1 amide bonds. The summed E-state index contributed by atoms with van der Waals surface area (Å²) in [6.07, 6.45) is 0. The second-order valence-corrected chi connectivity index (χ2v) is 8.62. The summed E-state index contributed by atoms with van der Waals surface area (Å²) in [6.45, 7) is 0. The lowest BCUT2D eigenvalue weighted by atomic mass is 10.0. The van der Waals surface area contributed by atoms with Gasteiger partial charge in [-0.1, -0.05) is 42.5 Å². The number of phenols is 2. The standard InChI is InChI=1S/C23H18N4O5S/c24-33(31,32)16-10-11-20(28)19(13-16)26-27-21-17-9-5-4-6-14(17)12-18(22(21)29)23(30)25-15-7-2-1-3-8-15/h1-13,28-29H,(H,25,30)(H2,24,31,32). The van der Waals surface area contributed by atoms with Crippen molar-refractivity contribution in [3.63, 3.8) is 0 Å². The van der Waals surface area contributed by atoms with Gasteiger partial charge in [-0.2, -0.15) is 0 Å². The summed E-state index contributed by atoms with van der Waals surface area (Å²) < 4.78 is 23.2. The highest BCUT2D eigenvalue weighted by Gasteiger charge is 2.19. The zero-order valence-electron chi connectivity index (χ0n) is 17.0. The van der Waals surface area contributed by atoms with E-state index in [-0.39, 0.29) is 27.6 Å². The number of fused-ring (bicyclic) bond motifs is 1. The highest BCUT2D eigenvalue weighted by molar-refractivity contribution is 7.89. The molecule has 0 fully saturated rings. The molecule has 0 spiro atoms. The van der Waals surface area contributed by atoms with Gasteiger partial charge in [-0.3, -0.25) is 4.79 Å². The zero-order chi connectivity index (χ0) is 23.6. The minimum atomic E-state index is -4.03. The van der Waals surface area contributed by atoms with Crippen molar-refractivity contribution in [1.82, 2.24) is 0 Å². The fourth-order valence-corrected chi connectivity index (χ4v) is 3.71. The van der Waals surface area contributed by atoms with E-state index >= 15 is 0 Å². The van der Waals surface area contributed by atoms with Crippen molar-refractivity contribution in [3.05, 3.63) is 84.4 Å². The number of nitrogens with two attached hydrogens (primary N) is 1. The molecule has 0 radical (unpaired) electrons. The second kappa shape index (κ2) is 8.69. The number of carbonyl (C=O) groups excluding carboxylic acids is 1. The summed E-state index contributed by atoms with van der Waals surface area (Å²) in [5.74, 6) is -1.32. The minimum absolute atomic E-state index is 0.0216. The van der Waals surface area contributed by atoms with E-state index in [4.69, 9.17) is 5.14 Å². The van der Waals surface area contributed by atoms with Crippen LogP contribution in [0.25, 0.3) is 10.8 Å². The molecular formula is C23H18N4O5S. The Labute approximate surface area is 188 Å². The fourth-order valence-electron chi connectivity index (χ4n) is 3.18. The molecule has 166 valence electrons. The van der Waals surface area contributed by atoms with Crippen LogP contribution < -0.4 is 10.5 Å². The van der Waals surface area contributed by atoms with Gasteiger partial charge in [-0.05, 0) is 41.8 Å². The van der Waals surface area contributed by atoms with Gasteiger partial charge in [0, 0.05) is 11.1 Å². The molecule has 10 heteroatoms. The number of sulfonamides is 1. The molecule has 0 atom stereocenters. The monoisotopic (exact) mass is 462 g/mol. The van der Waals surface area contributed by atoms with Crippen LogP contribution in [-0.2, 0) is 10.0 Å². The summed E-state index contributed by atoms with van der Waals surface area (Å²) in [5, 5.41) is 37.8. The van der Waals surface area contributed by atoms with Crippen molar-refractivity contribution in [2.45, 2.75) is 4.90 Å². The molecule has 33 heavy (non-hydrogen) atoms. The maximum Gasteiger partial charge on any atom is 0.259 e. The Kier molecular flexibility index (Phi) is 5.78. The molecule has 0 aliphatic carbocycles. The van der Waals surface area contributed by atoms with Crippen LogP contribution in [0.2, 0.25) is 0 Å². The maximum atomic E-state index is 12.9. The second-order valence-electron chi connectivity index (χ2n) is 7.06. The van der Waals surface area contributed by atoms with Crippen LogP contribution >= 0.6 is 0 Å². The first kappa shape index (κ1) is 21.9. The molecule has 0 aromatic heterocycles. The predicted octanol–water partition coefficient (Wildman–Crippen LogP) is 4.57. The number of azo groups is 1. The number of benzene rings is 4. The first-order valence-corrected chi connectivity index (χ1v) is 11.2. The number of aromatic hydroxyl groups is 2. The molecule has 0 saturated carbocycles. The summed E-state index contributed by atoms with van der Waals surface area (Å²) in [7, 11) is -4.03. The van der Waals surface area contributed by atoms with E-state index in [2.05, 4.69) is 15.5 Å². The van der Waals surface area contributed by atoms with Crippen molar-refractivity contribution in [3.8, 4) is 11.5 Å². The van der Waals surface area contributed by atoms with Gasteiger partial charge in [0.05, 0.1) is 10.5 Å². The van der Waals surface area contributed by atoms with E-state index in [0.717, 1.165) is 18.2 Å². The van der Waals surface area contributed by atoms with Gasteiger partial charge in [0.15, 0.2) is 5.75 Å². The first-order valence-electron chi connectivity index (χ1n) is 9.63. The number of para-hydroxylation sites is 1. The molecule has 0 aliphatic rings. The average molecular weight is 462 g/mol. The van der Waals surface area contributed by atoms with Gasteiger partial charge >= 0.3 is 0 Å². The number of phenolic OH excluding ortho intramolecular Hbond substituents is 2. The molecule has 0 bridgehead atoms. The quantitative estimate of drug-likeness (QED) is 0.320. The van der Waals surface area contributed by atoms with Gasteiger partial charge < -0.3 is 15.5 Å². The van der Waals surface area contributed by atoms with Crippen LogP contribution in [-0.4, -0.2) is 24.5 Å². The third kappa shape index (κ3) is 4.66. The smallest absolute Gasteiger partial charge is 0.259 e. The molecular weight excluding hydrogens is 444 g/mol. The van der Waals surface area contributed by atoms with E-state index in [0.29, 0.717) is 16.5 Å². The van der Waals surface area contributed by atoms with E-state index in [9.17, 15) is 23.4 Å². The van der Waals surface area contributed by atoms with Crippen molar-refractivity contribution in [2.75, 3.05) is 5.32 Å². The van der Waals surface area contributed by atoms with Gasteiger partial charge in [0.2, 0.25) is 10.0 Å². The fraction of sp³-hybridized carbons (Fsp3) is 0. The lowest BCUT2D eigenvalue weighted by Crippen LogP contribution is -2.12. The number of primary sulfonamides is 1. The molecule has 0 saturated heterocycles. The van der Waals surface area contributed by atoms with Crippen LogP contribution in [0.5, 0.6) is 11.5 Å². The number of rotatable bonds is 5. The van der Waals surface area contributed by atoms with Crippen molar-refractivity contribution >= 4 is 43.8 Å². The Hall–Kier alpha value is -4.28.